The van der Waals surface area contributed by atoms with Crippen LogP contribution in [0.25, 0.3) is 0 Å². The molecule has 0 aliphatic rings. The van der Waals surface area contributed by atoms with E-state index in [1.807, 2.05) is 0 Å². The Bertz CT molecular complexity index is 201. The predicted octanol–water partition coefficient (Wildman–Crippen LogP) is 2.39. The first-order valence-electron chi connectivity index (χ1n) is 8.04. The Labute approximate surface area is 126 Å². The quantitative estimate of drug-likeness (QED) is 0.498. The molecule has 0 aliphatic heterocycles. The topological polar surface area (TPSA) is 33.7 Å². The average Bonchev–Trinajstić information content (AvgIpc) is 2.40. The van der Waals surface area contributed by atoms with Gasteiger partial charge in [0.1, 0.15) is 0 Å². The second kappa shape index (κ2) is 13.8. The van der Waals surface area contributed by atoms with Crippen molar-refractivity contribution >= 4 is 0 Å². The van der Waals surface area contributed by atoms with Crippen LogP contribution < -0.4 is 5.32 Å². The van der Waals surface area contributed by atoms with Gasteiger partial charge in [0.2, 0.25) is 0 Å². The summed E-state index contributed by atoms with van der Waals surface area (Å²) in [5.74, 6) is 0.745. The smallest absolute Gasteiger partial charge is 0.0615 e. The maximum absolute atomic E-state index is 5.25. The molecule has 0 fully saturated rings. The number of nitrogens with one attached hydrogen (secondary N) is 1. The zero-order valence-corrected chi connectivity index (χ0v) is 14.3. The van der Waals surface area contributed by atoms with Gasteiger partial charge in [-0.3, -0.25) is 4.90 Å². The summed E-state index contributed by atoms with van der Waals surface area (Å²) in [5, 5.41) is 3.50. The molecule has 0 bridgehead atoms. The average molecular weight is 288 g/mol. The standard InChI is InChI=1S/C16H36N2O2/c1-15(2)13-17-9-7-6-8-10-18(11-12-19-4)16(3)14-20-5/h15-17H,6-14H2,1-5H3. The van der Waals surface area contributed by atoms with Crippen LogP contribution in [-0.4, -0.2) is 64.6 Å². The highest BCUT2D eigenvalue weighted by atomic mass is 16.5. The third-order valence-corrected chi connectivity index (χ3v) is 3.47. The summed E-state index contributed by atoms with van der Waals surface area (Å²) in [4.78, 5) is 2.47. The van der Waals surface area contributed by atoms with Gasteiger partial charge >= 0.3 is 0 Å². The highest BCUT2D eigenvalue weighted by Crippen LogP contribution is 2.04. The first kappa shape index (κ1) is 19.8. The van der Waals surface area contributed by atoms with Gasteiger partial charge in [-0.05, 0) is 45.3 Å². The van der Waals surface area contributed by atoms with Gasteiger partial charge in [-0.25, -0.2) is 0 Å². The van der Waals surface area contributed by atoms with Crippen molar-refractivity contribution in [3.8, 4) is 0 Å². The van der Waals surface area contributed by atoms with Crippen molar-refractivity contribution in [1.29, 1.82) is 0 Å². The van der Waals surface area contributed by atoms with Crippen molar-refractivity contribution in [3.63, 3.8) is 0 Å². The van der Waals surface area contributed by atoms with Crippen molar-refractivity contribution in [1.82, 2.24) is 10.2 Å². The second-order valence-corrected chi connectivity index (χ2v) is 5.99. The number of methoxy groups -OCH3 is 2. The third kappa shape index (κ3) is 11.6. The molecule has 0 aromatic carbocycles. The molecule has 0 radical (unpaired) electrons. The van der Waals surface area contributed by atoms with E-state index in [9.17, 15) is 0 Å². The van der Waals surface area contributed by atoms with Crippen LogP contribution in [0.4, 0.5) is 0 Å². The molecule has 1 unspecified atom stereocenters. The molecule has 0 spiro atoms. The van der Waals surface area contributed by atoms with Crippen LogP contribution in [0, 0.1) is 5.92 Å². The molecule has 122 valence electrons. The first-order chi connectivity index (χ1) is 9.61. The molecular formula is C16H36N2O2. The molecule has 0 aromatic rings. The van der Waals surface area contributed by atoms with E-state index < -0.39 is 0 Å². The van der Waals surface area contributed by atoms with E-state index in [1.54, 1.807) is 14.2 Å². The van der Waals surface area contributed by atoms with E-state index in [0.717, 1.165) is 45.3 Å². The molecule has 1 atom stereocenters. The van der Waals surface area contributed by atoms with Crippen LogP contribution in [0.2, 0.25) is 0 Å². The highest BCUT2D eigenvalue weighted by Gasteiger charge is 2.12. The lowest BCUT2D eigenvalue weighted by Crippen LogP contribution is -2.39. The Morgan fingerprint density at radius 3 is 2.30 bits per heavy atom. The predicted molar refractivity (Wildman–Crippen MR) is 86.3 cm³/mol. The molecule has 0 heterocycles. The van der Waals surface area contributed by atoms with Gasteiger partial charge in [0, 0.05) is 26.8 Å². The molecule has 0 saturated carbocycles. The molecule has 0 aromatic heterocycles. The molecule has 4 heteroatoms. The minimum Gasteiger partial charge on any atom is -0.383 e. The van der Waals surface area contributed by atoms with Crippen molar-refractivity contribution in [2.45, 2.75) is 46.1 Å². The molecule has 1 N–H and O–H groups in total. The zero-order chi connectivity index (χ0) is 15.2. The van der Waals surface area contributed by atoms with Crippen LogP contribution in [0.3, 0.4) is 0 Å². The number of hydrogen-bond donors (Lipinski definition) is 1. The fourth-order valence-corrected chi connectivity index (χ4v) is 2.24. The normalized spacial score (nSPS) is 13.3. The van der Waals surface area contributed by atoms with E-state index in [4.69, 9.17) is 9.47 Å². The van der Waals surface area contributed by atoms with E-state index in [0.29, 0.717) is 6.04 Å². The van der Waals surface area contributed by atoms with Crippen molar-refractivity contribution in [3.05, 3.63) is 0 Å². The number of unbranched alkanes of at least 4 members (excludes halogenated alkanes) is 2. The largest absolute Gasteiger partial charge is 0.383 e. The van der Waals surface area contributed by atoms with Gasteiger partial charge < -0.3 is 14.8 Å². The van der Waals surface area contributed by atoms with E-state index >= 15 is 0 Å². The summed E-state index contributed by atoms with van der Waals surface area (Å²) in [6, 6.07) is 0.467. The maximum Gasteiger partial charge on any atom is 0.0615 e. The van der Waals surface area contributed by atoms with Crippen molar-refractivity contribution < 1.29 is 9.47 Å². The van der Waals surface area contributed by atoms with Gasteiger partial charge in [-0.15, -0.1) is 0 Å². The number of hydrogen-bond acceptors (Lipinski definition) is 4. The monoisotopic (exact) mass is 288 g/mol. The Hall–Kier alpha value is -0.160. The molecule has 0 amide bonds. The number of nitrogens with zero attached hydrogens (tertiary/aromatic N) is 1. The van der Waals surface area contributed by atoms with E-state index in [1.165, 1.54) is 19.3 Å². The van der Waals surface area contributed by atoms with E-state index in [2.05, 4.69) is 31.0 Å². The maximum atomic E-state index is 5.25. The zero-order valence-electron chi connectivity index (χ0n) is 14.3. The van der Waals surface area contributed by atoms with Gasteiger partial charge in [0.05, 0.1) is 13.2 Å². The van der Waals surface area contributed by atoms with Crippen LogP contribution >= 0.6 is 0 Å². The van der Waals surface area contributed by atoms with Crippen LogP contribution in [0.1, 0.15) is 40.0 Å². The van der Waals surface area contributed by atoms with E-state index in [-0.39, 0.29) is 0 Å². The van der Waals surface area contributed by atoms with Gasteiger partial charge in [-0.1, -0.05) is 20.3 Å². The van der Waals surface area contributed by atoms with Crippen molar-refractivity contribution in [2.24, 2.45) is 5.92 Å². The van der Waals surface area contributed by atoms with Crippen LogP contribution in [0.15, 0.2) is 0 Å². The molecule has 4 nitrogen and oxygen atoms in total. The lowest BCUT2D eigenvalue weighted by molar-refractivity contribution is 0.0740. The van der Waals surface area contributed by atoms with Gasteiger partial charge in [0.25, 0.3) is 0 Å². The summed E-state index contributed by atoms with van der Waals surface area (Å²) in [7, 11) is 3.53. The Morgan fingerprint density at radius 2 is 1.70 bits per heavy atom. The second-order valence-electron chi connectivity index (χ2n) is 5.99. The first-order valence-corrected chi connectivity index (χ1v) is 8.04. The number of rotatable bonds is 14. The fraction of sp³-hybridized carbons (Fsp3) is 1.00. The molecular weight excluding hydrogens is 252 g/mol. The summed E-state index contributed by atoms with van der Waals surface area (Å²) in [6.45, 7) is 12.7. The summed E-state index contributed by atoms with van der Waals surface area (Å²) >= 11 is 0. The molecule has 20 heavy (non-hydrogen) atoms. The summed E-state index contributed by atoms with van der Waals surface area (Å²) in [6.07, 6.45) is 3.80. The third-order valence-electron chi connectivity index (χ3n) is 3.47. The minimum atomic E-state index is 0.467. The van der Waals surface area contributed by atoms with Crippen LogP contribution in [0.5, 0.6) is 0 Å². The highest BCUT2D eigenvalue weighted by molar-refractivity contribution is 4.67. The molecule has 0 rings (SSSR count). The lowest BCUT2D eigenvalue weighted by atomic mass is 10.2. The Kier molecular flexibility index (Phi) is 13.7. The minimum absolute atomic E-state index is 0.467. The van der Waals surface area contributed by atoms with Crippen molar-refractivity contribution in [2.75, 3.05) is 53.6 Å². The Balaban J connectivity index is 3.67. The number of ether oxygens (including phenoxy) is 2. The SMILES string of the molecule is COCCN(CCCCCNCC(C)C)C(C)COC. The summed E-state index contributed by atoms with van der Waals surface area (Å²) < 4.78 is 10.4. The lowest BCUT2D eigenvalue weighted by Gasteiger charge is -2.28. The van der Waals surface area contributed by atoms with Gasteiger partial charge in [0.15, 0.2) is 0 Å². The Morgan fingerprint density at radius 1 is 0.950 bits per heavy atom. The molecule has 0 aliphatic carbocycles. The molecule has 0 saturated heterocycles. The van der Waals surface area contributed by atoms with Crippen LogP contribution in [-0.2, 0) is 9.47 Å². The fourth-order valence-electron chi connectivity index (χ4n) is 2.24. The van der Waals surface area contributed by atoms with Gasteiger partial charge in [-0.2, -0.15) is 0 Å². The summed E-state index contributed by atoms with van der Waals surface area (Å²) in [5.41, 5.74) is 0.